The van der Waals surface area contributed by atoms with Crippen LogP contribution in [0, 0.1) is 0 Å². The van der Waals surface area contributed by atoms with Crippen molar-refractivity contribution in [1.82, 2.24) is 9.97 Å². The molecule has 4 rings (SSSR count). The first-order valence-electron chi connectivity index (χ1n) is 12.6. The third-order valence-electron chi connectivity index (χ3n) is 6.21. The van der Waals surface area contributed by atoms with Crippen LogP contribution in [0.5, 0.6) is 0 Å². The van der Waals surface area contributed by atoms with Crippen molar-refractivity contribution in [2.45, 2.75) is 39.2 Å². The lowest BCUT2D eigenvalue weighted by Gasteiger charge is -2.36. The molecule has 0 unspecified atom stereocenters. The molecule has 0 spiro atoms. The quantitative estimate of drug-likeness (QED) is 0.382. The molecule has 200 valence electrons. The molecule has 1 fully saturated rings. The summed E-state index contributed by atoms with van der Waals surface area (Å²) in [5, 5.41) is 0.523. The lowest BCUT2D eigenvalue weighted by atomic mass is 10.0. The van der Waals surface area contributed by atoms with Gasteiger partial charge in [0.1, 0.15) is 5.60 Å². The van der Waals surface area contributed by atoms with Crippen LogP contribution in [0.25, 0.3) is 11.1 Å². The summed E-state index contributed by atoms with van der Waals surface area (Å²) in [6.45, 7) is 8.61. The van der Waals surface area contributed by atoms with Crippen molar-refractivity contribution in [2.75, 3.05) is 43.1 Å². The van der Waals surface area contributed by atoms with Crippen molar-refractivity contribution in [3.63, 3.8) is 0 Å². The van der Waals surface area contributed by atoms with E-state index in [1.54, 1.807) is 12.1 Å². The predicted octanol–water partition coefficient (Wildman–Crippen LogP) is 5.18. The fraction of sp³-hybridized carbons (Fsp3) is 0.379. The molecule has 3 aromatic rings. The molecule has 0 bridgehead atoms. The fourth-order valence-electron chi connectivity index (χ4n) is 4.33. The first kappa shape index (κ1) is 27.4. The Hall–Kier alpha value is -3.65. The molecular formula is C29H33ClN4O4. The number of benzene rings is 2. The Labute approximate surface area is 228 Å². The molecule has 38 heavy (non-hydrogen) atoms. The number of piperazine rings is 1. The number of nitrogens with zero attached hydrogens (tertiary/aromatic N) is 4. The van der Waals surface area contributed by atoms with E-state index >= 15 is 0 Å². The lowest BCUT2D eigenvalue weighted by molar-refractivity contribution is -0.154. The largest absolute Gasteiger partial charge is 0.465 e. The van der Waals surface area contributed by atoms with Crippen LogP contribution < -0.4 is 9.80 Å². The third-order valence-corrected chi connectivity index (χ3v) is 6.51. The average molecular weight is 537 g/mol. The molecule has 1 aromatic heterocycles. The van der Waals surface area contributed by atoms with Gasteiger partial charge in [-0.3, -0.25) is 4.79 Å². The summed E-state index contributed by atoms with van der Waals surface area (Å²) < 4.78 is 10.2. The number of anilines is 2. The molecule has 8 nitrogen and oxygen atoms in total. The van der Waals surface area contributed by atoms with Crippen molar-refractivity contribution in [3.05, 3.63) is 71.0 Å². The highest BCUT2D eigenvalue weighted by atomic mass is 35.5. The van der Waals surface area contributed by atoms with Crippen molar-refractivity contribution in [3.8, 4) is 11.1 Å². The van der Waals surface area contributed by atoms with Crippen LogP contribution in [0.4, 0.5) is 11.6 Å². The van der Waals surface area contributed by atoms with Crippen LogP contribution in [-0.2, 0) is 20.7 Å². The van der Waals surface area contributed by atoms with Gasteiger partial charge in [-0.15, -0.1) is 0 Å². The fourth-order valence-corrected chi connectivity index (χ4v) is 4.63. The van der Waals surface area contributed by atoms with Crippen LogP contribution in [-0.4, -0.2) is 60.8 Å². The van der Waals surface area contributed by atoms with Gasteiger partial charge in [-0.05, 0) is 56.5 Å². The Morgan fingerprint density at radius 2 is 1.63 bits per heavy atom. The Morgan fingerprint density at radius 3 is 2.26 bits per heavy atom. The number of rotatable bonds is 7. The third kappa shape index (κ3) is 7.01. The Balaban J connectivity index is 1.35. The monoisotopic (exact) mass is 536 g/mol. The van der Waals surface area contributed by atoms with E-state index in [0.29, 0.717) is 29.4 Å². The second-order valence-electron chi connectivity index (χ2n) is 10.2. The van der Waals surface area contributed by atoms with E-state index in [-0.39, 0.29) is 5.97 Å². The summed E-state index contributed by atoms with van der Waals surface area (Å²) in [6.07, 6.45) is 4.62. The number of hydrogen-bond donors (Lipinski definition) is 0. The van der Waals surface area contributed by atoms with E-state index in [1.165, 1.54) is 7.11 Å². The number of halogens is 1. The number of aromatic nitrogens is 2. The Morgan fingerprint density at radius 1 is 0.947 bits per heavy atom. The van der Waals surface area contributed by atoms with E-state index in [2.05, 4.69) is 25.8 Å². The standard InChI is InChI=1S/C29H33ClN4O4/c1-29(2,3)38-26(35)11-8-20-6-5-7-21(16-20)23-18-31-28(32-19-23)34-14-12-33(13-15-34)25-10-9-22(17-24(25)30)27(36)37-4/h5-7,9-10,16-19H,8,11-15H2,1-4H3. The first-order chi connectivity index (χ1) is 18.1. The van der Waals surface area contributed by atoms with Gasteiger partial charge in [-0.25, -0.2) is 14.8 Å². The van der Waals surface area contributed by atoms with Gasteiger partial charge in [0, 0.05) is 50.6 Å². The maximum Gasteiger partial charge on any atom is 0.337 e. The molecule has 0 atom stereocenters. The van der Waals surface area contributed by atoms with Gasteiger partial charge in [-0.1, -0.05) is 35.9 Å². The molecule has 1 saturated heterocycles. The predicted molar refractivity (Wildman–Crippen MR) is 149 cm³/mol. The zero-order chi connectivity index (χ0) is 27.3. The molecule has 9 heteroatoms. The second-order valence-corrected chi connectivity index (χ2v) is 10.6. The van der Waals surface area contributed by atoms with Crippen molar-refractivity contribution in [2.24, 2.45) is 0 Å². The van der Waals surface area contributed by atoms with Crippen LogP contribution in [0.2, 0.25) is 5.02 Å². The topological polar surface area (TPSA) is 84.9 Å². The molecule has 1 aliphatic rings. The minimum absolute atomic E-state index is 0.198. The highest BCUT2D eigenvalue weighted by molar-refractivity contribution is 6.33. The summed E-state index contributed by atoms with van der Waals surface area (Å²) in [5.41, 5.74) is 3.84. The van der Waals surface area contributed by atoms with Gasteiger partial charge in [0.05, 0.1) is 23.4 Å². The summed E-state index contributed by atoms with van der Waals surface area (Å²) in [6, 6.07) is 13.3. The molecule has 0 saturated carbocycles. The highest BCUT2D eigenvalue weighted by Crippen LogP contribution is 2.29. The van der Waals surface area contributed by atoms with Gasteiger partial charge >= 0.3 is 11.9 Å². The van der Waals surface area contributed by atoms with E-state index in [4.69, 9.17) is 21.1 Å². The molecule has 0 amide bonds. The average Bonchev–Trinajstić information content (AvgIpc) is 2.91. The van der Waals surface area contributed by atoms with E-state index < -0.39 is 11.6 Å². The van der Waals surface area contributed by atoms with E-state index in [1.807, 2.05) is 57.4 Å². The van der Waals surface area contributed by atoms with Gasteiger partial charge in [0.15, 0.2) is 0 Å². The minimum atomic E-state index is -0.477. The minimum Gasteiger partial charge on any atom is -0.465 e. The van der Waals surface area contributed by atoms with Crippen molar-refractivity contribution < 1.29 is 19.1 Å². The zero-order valence-electron chi connectivity index (χ0n) is 22.2. The summed E-state index contributed by atoms with van der Waals surface area (Å²) in [4.78, 5) is 37.4. The maximum absolute atomic E-state index is 12.1. The lowest BCUT2D eigenvalue weighted by Crippen LogP contribution is -2.47. The summed E-state index contributed by atoms with van der Waals surface area (Å²) in [5.74, 6) is 0.0779. The SMILES string of the molecule is COC(=O)c1ccc(N2CCN(c3ncc(-c4cccc(CCC(=O)OC(C)(C)C)c4)cn3)CC2)c(Cl)c1. The van der Waals surface area contributed by atoms with Crippen LogP contribution in [0.1, 0.15) is 43.1 Å². The summed E-state index contributed by atoms with van der Waals surface area (Å²) in [7, 11) is 1.35. The molecule has 0 radical (unpaired) electrons. The smallest absolute Gasteiger partial charge is 0.337 e. The zero-order valence-corrected chi connectivity index (χ0v) is 23.0. The van der Waals surface area contributed by atoms with Crippen LogP contribution in [0.15, 0.2) is 54.9 Å². The summed E-state index contributed by atoms with van der Waals surface area (Å²) >= 11 is 6.45. The maximum atomic E-state index is 12.1. The van der Waals surface area contributed by atoms with Crippen LogP contribution >= 0.6 is 11.6 Å². The number of hydrogen-bond acceptors (Lipinski definition) is 8. The molecule has 0 N–H and O–H groups in total. The van der Waals surface area contributed by atoms with E-state index in [9.17, 15) is 9.59 Å². The van der Waals surface area contributed by atoms with Crippen molar-refractivity contribution >= 4 is 35.2 Å². The molecule has 1 aliphatic heterocycles. The van der Waals surface area contributed by atoms with Crippen molar-refractivity contribution in [1.29, 1.82) is 0 Å². The molecule has 0 aliphatic carbocycles. The van der Waals surface area contributed by atoms with E-state index in [0.717, 1.165) is 48.6 Å². The molecular weight excluding hydrogens is 504 g/mol. The number of carbonyl (C=O) groups is 2. The number of ether oxygens (including phenoxy) is 2. The number of carbonyl (C=O) groups excluding carboxylic acids is 2. The Bertz CT molecular complexity index is 1280. The number of aryl methyl sites for hydroxylation is 1. The Kier molecular flexibility index (Phi) is 8.52. The van der Waals surface area contributed by atoms with Gasteiger partial charge in [0.25, 0.3) is 0 Å². The molecule has 2 heterocycles. The highest BCUT2D eigenvalue weighted by Gasteiger charge is 2.22. The van der Waals surface area contributed by atoms with Gasteiger partial charge in [-0.2, -0.15) is 0 Å². The molecule has 2 aromatic carbocycles. The number of esters is 2. The van der Waals surface area contributed by atoms with Crippen LogP contribution in [0.3, 0.4) is 0 Å². The number of methoxy groups -OCH3 is 1. The van der Waals surface area contributed by atoms with Gasteiger partial charge < -0.3 is 19.3 Å². The first-order valence-corrected chi connectivity index (χ1v) is 13.0. The van der Waals surface area contributed by atoms with Gasteiger partial charge in [0.2, 0.25) is 5.95 Å². The second kappa shape index (κ2) is 11.8. The normalized spacial score (nSPS) is 13.8.